The monoisotopic (exact) mass is 296 g/mol. The van der Waals surface area contributed by atoms with E-state index < -0.39 is 0 Å². The van der Waals surface area contributed by atoms with E-state index >= 15 is 0 Å². The van der Waals surface area contributed by atoms with Crippen LogP contribution in [0.2, 0.25) is 5.02 Å². The number of halogens is 1. The summed E-state index contributed by atoms with van der Waals surface area (Å²) < 4.78 is 0. The number of carbonyl (C=O) groups is 1. The zero-order valence-electron chi connectivity index (χ0n) is 11.3. The molecular weight excluding hydrogens is 284 g/mol. The molecule has 2 aromatic carbocycles. The van der Waals surface area contributed by atoms with Crippen molar-refractivity contribution in [2.24, 2.45) is 0 Å². The number of nitriles is 1. The second-order valence-corrected chi connectivity index (χ2v) is 5.40. The van der Waals surface area contributed by atoms with Gasteiger partial charge in [-0.3, -0.25) is 9.69 Å². The number of aryl methyl sites for hydroxylation is 2. The third kappa shape index (κ3) is 2.51. The molecule has 2 aromatic rings. The number of nitrogens with zero attached hydrogens (tertiary/aromatic N) is 2. The lowest BCUT2D eigenvalue weighted by molar-refractivity contribution is -0.117. The average Bonchev–Trinajstić information content (AvgIpc) is 2.63. The van der Waals surface area contributed by atoms with Crippen LogP contribution < -0.4 is 4.90 Å². The lowest BCUT2D eigenvalue weighted by Crippen LogP contribution is -2.26. The average molecular weight is 297 g/mol. The van der Waals surface area contributed by atoms with Gasteiger partial charge in [-0.2, -0.15) is 5.26 Å². The zero-order valence-corrected chi connectivity index (χ0v) is 12.1. The van der Waals surface area contributed by atoms with Crippen LogP contribution in [0.5, 0.6) is 0 Å². The standard InChI is InChI=1S/C17H13ClN2O/c18-14-8-7-13-6-5-12-3-1-2-4-15(12)20(16(13)11-14)17(21)9-10-19/h1-4,7-8,11H,5-6,9H2. The first-order valence-corrected chi connectivity index (χ1v) is 7.15. The van der Waals surface area contributed by atoms with E-state index in [9.17, 15) is 4.79 Å². The van der Waals surface area contributed by atoms with Crippen molar-refractivity contribution in [3.05, 3.63) is 58.6 Å². The Hall–Kier alpha value is -2.31. The van der Waals surface area contributed by atoms with E-state index in [1.165, 1.54) is 0 Å². The van der Waals surface area contributed by atoms with E-state index in [0.29, 0.717) is 5.02 Å². The Morgan fingerprint density at radius 2 is 1.86 bits per heavy atom. The number of para-hydroxylation sites is 1. The van der Waals surface area contributed by atoms with Gasteiger partial charge in [0.15, 0.2) is 0 Å². The summed E-state index contributed by atoms with van der Waals surface area (Å²) in [5.41, 5.74) is 3.81. The number of benzene rings is 2. The quantitative estimate of drug-likeness (QED) is 0.798. The molecule has 3 rings (SSSR count). The molecule has 4 heteroatoms. The maximum Gasteiger partial charge on any atom is 0.245 e. The third-order valence-electron chi connectivity index (χ3n) is 3.66. The lowest BCUT2D eigenvalue weighted by Gasteiger charge is -2.24. The van der Waals surface area contributed by atoms with Crippen LogP contribution in [0.1, 0.15) is 17.5 Å². The summed E-state index contributed by atoms with van der Waals surface area (Å²) in [7, 11) is 0. The van der Waals surface area contributed by atoms with Crippen molar-refractivity contribution in [1.29, 1.82) is 5.26 Å². The van der Waals surface area contributed by atoms with Gasteiger partial charge < -0.3 is 0 Å². The van der Waals surface area contributed by atoms with Crippen LogP contribution in [-0.2, 0) is 17.6 Å². The predicted octanol–water partition coefficient (Wildman–Crippen LogP) is 4.02. The van der Waals surface area contributed by atoms with Crippen LogP contribution in [0.4, 0.5) is 11.4 Å². The molecule has 0 bridgehead atoms. The summed E-state index contributed by atoms with van der Waals surface area (Å²) in [6, 6.07) is 15.3. The van der Waals surface area contributed by atoms with Crippen LogP contribution in [0.25, 0.3) is 0 Å². The molecule has 0 radical (unpaired) electrons. The Morgan fingerprint density at radius 3 is 2.62 bits per heavy atom. The Bertz CT molecular complexity index is 749. The fourth-order valence-electron chi connectivity index (χ4n) is 2.71. The van der Waals surface area contributed by atoms with Gasteiger partial charge in [-0.05, 0) is 42.2 Å². The largest absolute Gasteiger partial charge is 0.280 e. The summed E-state index contributed by atoms with van der Waals surface area (Å²) in [5.74, 6) is -0.227. The molecular formula is C17H13ClN2O. The van der Waals surface area contributed by atoms with Crippen LogP contribution in [0.3, 0.4) is 0 Å². The van der Waals surface area contributed by atoms with Gasteiger partial charge in [0, 0.05) is 5.02 Å². The molecule has 0 aliphatic carbocycles. The molecule has 21 heavy (non-hydrogen) atoms. The van der Waals surface area contributed by atoms with Crippen molar-refractivity contribution in [2.75, 3.05) is 4.90 Å². The minimum atomic E-state index is -0.227. The van der Waals surface area contributed by atoms with Gasteiger partial charge in [-0.25, -0.2) is 0 Å². The normalized spacial score (nSPS) is 12.9. The summed E-state index contributed by atoms with van der Waals surface area (Å²) in [5, 5.41) is 9.45. The summed E-state index contributed by atoms with van der Waals surface area (Å²) in [4.78, 5) is 14.1. The number of fused-ring (bicyclic) bond motifs is 2. The van der Waals surface area contributed by atoms with Gasteiger partial charge in [0.2, 0.25) is 5.91 Å². The lowest BCUT2D eigenvalue weighted by atomic mass is 10.0. The van der Waals surface area contributed by atoms with Gasteiger partial charge in [0.1, 0.15) is 6.42 Å². The van der Waals surface area contributed by atoms with E-state index in [2.05, 4.69) is 0 Å². The highest BCUT2D eigenvalue weighted by Gasteiger charge is 2.25. The van der Waals surface area contributed by atoms with Crippen LogP contribution in [0.15, 0.2) is 42.5 Å². The summed E-state index contributed by atoms with van der Waals surface area (Å²) >= 11 is 6.10. The fraction of sp³-hybridized carbons (Fsp3) is 0.176. The first-order chi connectivity index (χ1) is 10.2. The SMILES string of the molecule is N#CCC(=O)N1c2ccccc2CCc2ccc(Cl)cc21. The smallest absolute Gasteiger partial charge is 0.245 e. The molecule has 104 valence electrons. The molecule has 1 amide bonds. The molecule has 0 N–H and O–H groups in total. The second-order valence-electron chi connectivity index (χ2n) is 4.97. The van der Waals surface area contributed by atoms with Gasteiger partial charge in [0.25, 0.3) is 0 Å². The maximum atomic E-state index is 12.4. The van der Waals surface area contributed by atoms with Gasteiger partial charge in [-0.1, -0.05) is 35.9 Å². The predicted molar refractivity (Wildman–Crippen MR) is 82.7 cm³/mol. The number of amides is 1. The van der Waals surface area contributed by atoms with Crippen molar-refractivity contribution in [1.82, 2.24) is 0 Å². The molecule has 0 fully saturated rings. The van der Waals surface area contributed by atoms with E-state index in [1.54, 1.807) is 11.0 Å². The van der Waals surface area contributed by atoms with Crippen molar-refractivity contribution in [3.8, 4) is 6.07 Å². The third-order valence-corrected chi connectivity index (χ3v) is 3.90. The van der Waals surface area contributed by atoms with Crippen LogP contribution in [-0.4, -0.2) is 5.91 Å². The molecule has 1 heterocycles. The number of carbonyl (C=O) groups excluding carboxylic acids is 1. The maximum absolute atomic E-state index is 12.4. The minimum Gasteiger partial charge on any atom is -0.280 e. The Morgan fingerprint density at radius 1 is 1.14 bits per heavy atom. The molecule has 1 aliphatic heterocycles. The molecule has 0 unspecified atom stereocenters. The summed E-state index contributed by atoms with van der Waals surface area (Å²) in [6.45, 7) is 0. The highest BCUT2D eigenvalue weighted by molar-refractivity contribution is 6.31. The Balaban J connectivity index is 2.22. The molecule has 0 saturated heterocycles. The van der Waals surface area contributed by atoms with Crippen LogP contribution >= 0.6 is 11.6 Å². The van der Waals surface area contributed by atoms with E-state index in [4.69, 9.17) is 16.9 Å². The number of anilines is 2. The highest BCUT2D eigenvalue weighted by Crippen LogP contribution is 2.37. The number of hydrogen-bond donors (Lipinski definition) is 0. The van der Waals surface area contributed by atoms with E-state index in [0.717, 1.165) is 35.3 Å². The Kier molecular flexibility index (Phi) is 3.64. The minimum absolute atomic E-state index is 0.152. The van der Waals surface area contributed by atoms with E-state index in [1.807, 2.05) is 42.5 Å². The number of hydrogen-bond acceptors (Lipinski definition) is 2. The topological polar surface area (TPSA) is 44.1 Å². The highest BCUT2D eigenvalue weighted by atomic mass is 35.5. The summed E-state index contributed by atoms with van der Waals surface area (Å²) in [6.07, 6.45) is 1.56. The molecule has 0 atom stereocenters. The second kappa shape index (κ2) is 5.59. The first kappa shape index (κ1) is 13.7. The van der Waals surface area contributed by atoms with Crippen molar-refractivity contribution in [3.63, 3.8) is 0 Å². The van der Waals surface area contributed by atoms with Gasteiger partial charge in [0.05, 0.1) is 17.4 Å². The molecule has 3 nitrogen and oxygen atoms in total. The van der Waals surface area contributed by atoms with Crippen molar-refractivity contribution in [2.45, 2.75) is 19.3 Å². The molecule has 0 aromatic heterocycles. The fourth-order valence-corrected chi connectivity index (χ4v) is 2.88. The van der Waals surface area contributed by atoms with Gasteiger partial charge in [-0.15, -0.1) is 0 Å². The molecule has 0 spiro atoms. The van der Waals surface area contributed by atoms with Crippen molar-refractivity contribution >= 4 is 28.9 Å². The Labute approximate surface area is 128 Å². The van der Waals surface area contributed by atoms with Gasteiger partial charge >= 0.3 is 0 Å². The van der Waals surface area contributed by atoms with Crippen molar-refractivity contribution < 1.29 is 4.79 Å². The zero-order chi connectivity index (χ0) is 14.8. The first-order valence-electron chi connectivity index (χ1n) is 6.77. The molecule has 1 aliphatic rings. The molecule has 0 saturated carbocycles. The number of rotatable bonds is 1. The van der Waals surface area contributed by atoms with Crippen LogP contribution in [0, 0.1) is 11.3 Å². The van der Waals surface area contributed by atoms with E-state index in [-0.39, 0.29) is 12.3 Å².